The molecule has 3 N–H and O–H groups in total. The van der Waals surface area contributed by atoms with Crippen molar-refractivity contribution in [1.82, 2.24) is 29.2 Å². The molecule has 0 aliphatic heterocycles. The van der Waals surface area contributed by atoms with E-state index in [1.807, 2.05) is 54.6 Å². The largest absolute Gasteiger partial charge is 0.497 e. The van der Waals surface area contributed by atoms with Crippen molar-refractivity contribution in [2.45, 2.75) is 13.0 Å². The Balaban J connectivity index is 1.64. The van der Waals surface area contributed by atoms with Gasteiger partial charge in [-0.05, 0) is 42.0 Å². The molecule has 0 aliphatic carbocycles. The minimum absolute atomic E-state index is 0.126. The summed E-state index contributed by atoms with van der Waals surface area (Å²) in [6.45, 7) is 0.126. The van der Waals surface area contributed by atoms with Gasteiger partial charge in [0.05, 0.1) is 7.11 Å². The van der Waals surface area contributed by atoms with Gasteiger partial charge in [0.2, 0.25) is 0 Å². The number of para-hydroxylation sites is 1. The average Bonchev–Trinajstić information content (AvgIpc) is 3.24. The molecular formula is C19H19N7O2S. The first-order valence-corrected chi connectivity index (χ1v) is 9.26. The third-order valence-corrected chi connectivity index (χ3v) is 4.78. The van der Waals surface area contributed by atoms with E-state index < -0.39 is 5.69 Å². The number of rotatable bonds is 6. The van der Waals surface area contributed by atoms with E-state index in [2.05, 4.69) is 15.3 Å². The molecule has 0 spiro atoms. The zero-order valence-corrected chi connectivity index (χ0v) is 16.5. The van der Waals surface area contributed by atoms with Crippen molar-refractivity contribution < 1.29 is 4.74 Å². The van der Waals surface area contributed by atoms with Crippen molar-refractivity contribution in [3.05, 3.63) is 87.1 Å². The molecule has 4 aromatic rings. The van der Waals surface area contributed by atoms with E-state index in [1.54, 1.807) is 11.7 Å². The standard InChI is InChI=1S/C19H19N7O2S/c1-28-15-9-7-13(8-10-15)11-16-23-24(19(27)26(16)20)12-17-21-22-18(29)25(17)14-5-3-2-4-6-14/h2-10H,11-12,20H2,1H3,(H,22,29). The van der Waals surface area contributed by atoms with E-state index in [4.69, 9.17) is 22.8 Å². The summed E-state index contributed by atoms with van der Waals surface area (Å²) in [6.07, 6.45) is 0.411. The molecule has 0 unspecified atom stereocenters. The van der Waals surface area contributed by atoms with Crippen LogP contribution in [0.25, 0.3) is 5.69 Å². The van der Waals surface area contributed by atoms with Gasteiger partial charge in [-0.2, -0.15) is 14.9 Å². The lowest BCUT2D eigenvalue weighted by Gasteiger charge is -2.06. The van der Waals surface area contributed by atoms with Crippen molar-refractivity contribution in [2.24, 2.45) is 0 Å². The molecule has 0 aliphatic rings. The van der Waals surface area contributed by atoms with Crippen LogP contribution in [0.2, 0.25) is 0 Å². The van der Waals surface area contributed by atoms with Gasteiger partial charge in [-0.3, -0.25) is 9.67 Å². The number of nitrogens with one attached hydrogen (secondary N) is 1. The molecule has 2 aromatic heterocycles. The van der Waals surface area contributed by atoms with Gasteiger partial charge in [-0.15, -0.1) is 0 Å². The Kier molecular flexibility index (Phi) is 5.00. The molecule has 2 heterocycles. The van der Waals surface area contributed by atoms with E-state index in [9.17, 15) is 4.79 Å². The average molecular weight is 409 g/mol. The van der Waals surface area contributed by atoms with Gasteiger partial charge < -0.3 is 10.6 Å². The topological polar surface area (TPSA) is 109 Å². The maximum absolute atomic E-state index is 12.6. The summed E-state index contributed by atoms with van der Waals surface area (Å²) in [7, 11) is 1.61. The van der Waals surface area contributed by atoms with E-state index in [0.29, 0.717) is 22.8 Å². The van der Waals surface area contributed by atoms with Crippen LogP contribution in [0.15, 0.2) is 59.4 Å². The third kappa shape index (κ3) is 3.69. The lowest BCUT2D eigenvalue weighted by Crippen LogP contribution is -2.31. The maximum atomic E-state index is 12.6. The van der Waals surface area contributed by atoms with Gasteiger partial charge in [0.15, 0.2) is 16.4 Å². The fourth-order valence-corrected chi connectivity index (χ4v) is 3.28. The highest BCUT2D eigenvalue weighted by molar-refractivity contribution is 7.71. The van der Waals surface area contributed by atoms with Gasteiger partial charge in [0.1, 0.15) is 12.3 Å². The molecule has 0 radical (unpaired) electrons. The zero-order valence-electron chi connectivity index (χ0n) is 15.6. The SMILES string of the molecule is COc1ccc(Cc2nn(Cc3n[nH]c(=S)n3-c3ccccc3)c(=O)n2N)cc1. The Hall–Kier alpha value is -3.66. The van der Waals surface area contributed by atoms with Crippen molar-refractivity contribution >= 4 is 12.2 Å². The molecular weight excluding hydrogens is 390 g/mol. The number of H-pyrrole nitrogens is 1. The van der Waals surface area contributed by atoms with E-state index in [-0.39, 0.29) is 6.54 Å². The van der Waals surface area contributed by atoms with Crippen LogP contribution in [0.3, 0.4) is 0 Å². The normalized spacial score (nSPS) is 10.9. The second-order valence-corrected chi connectivity index (χ2v) is 6.75. The van der Waals surface area contributed by atoms with Crippen molar-refractivity contribution in [2.75, 3.05) is 13.0 Å². The molecule has 0 saturated heterocycles. The fourth-order valence-electron chi connectivity index (χ4n) is 3.03. The molecule has 2 aromatic carbocycles. The van der Waals surface area contributed by atoms with Gasteiger partial charge in [-0.25, -0.2) is 9.48 Å². The predicted octanol–water partition coefficient (Wildman–Crippen LogP) is 1.65. The van der Waals surface area contributed by atoms with Crippen LogP contribution in [-0.4, -0.2) is 36.3 Å². The predicted molar refractivity (Wildman–Crippen MR) is 110 cm³/mol. The number of aromatic nitrogens is 6. The Morgan fingerprint density at radius 2 is 1.83 bits per heavy atom. The molecule has 0 bridgehead atoms. The molecule has 0 saturated carbocycles. The maximum Gasteiger partial charge on any atom is 0.365 e. The summed E-state index contributed by atoms with van der Waals surface area (Å²) >= 11 is 5.34. The Morgan fingerprint density at radius 3 is 2.52 bits per heavy atom. The Bertz CT molecular complexity index is 1240. The fraction of sp³-hybridized carbons (Fsp3) is 0.158. The number of aromatic amines is 1. The number of hydrogen-bond acceptors (Lipinski definition) is 6. The van der Waals surface area contributed by atoms with Crippen LogP contribution in [0, 0.1) is 4.77 Å². The number of ether oxygens (including phenoxy) is 1. The summed E-state index contributed by atoms with van der Waals surface area (Å²) in [4.78, 5) is 12.6. The third-order valence-electron chi connectivity index (χ3n) is 4.51. The Labute approximate surface area is 171 Å². The molecule has 29 heavy (non-hydrogen) atoms. The summed E-state index contributed by atoms with van der Waals surface area (Å²) in [6, 6.07) is 17.1. The van der Waals surface area contributed by atoms with Crippen LogP contribution in [0.5, 0.6) is 5.75 Å². The van der Waals surface area contributed by atoms with E-state index in [1.165, 1.54) is 4.68 Å². The first-order chi connectivity index (χ1) is 14.1. The smallest absolute Gasteiger partial charge is 0.365 e. The highest BCUT2D eigenvalue weighted by atomic mass is 32.1. The molecule has 0 atom stereocenters. The van der Waals surface area contributed by atoms with Gasteiger partial charge in [0.25, 0.3) is 0 Å². The number of benzene rings is 2. The minimum atomic E-state index is -0.429. The number of nitrogens with zero attached hydrogens (tertiary/aromatic N) is 5. The number of nitrogens with two attached hydrogens (primary N) is 1. The van der Waals surface area contributed by atoms with Crippen LogP contribution in [-0.2, 0) is 13.0 Å². The quantitative estimate of drug-likeness (QED) is 0.370. The molecule has 4 rings (SSSR count). The second-order valence-electron chi connectivity index (χ2n) is 6.37. The molecule has 0 amide bonds. The molecule has 10 heteroatoms. The van der Waals surface area contributed by atoms with Crippen LogP contribution in [0.4, 0.5) is 0 Å². The van der Waals surface area contributed by atoms with Gasteiger partial charge in [0, 0.05) is 12.1 Å². The lowest BCUT2D eigenvalue weighted by atomic mass is 10.1. The highest BCUT2D eigenvalue weighted by Gasteiger charge is 2.16. The molecule has 9 nitrogen and oxygen atoms in total. The zero-order chi connectivity index (χ0) is 20.4. The van der Waals surface area contributed by atoms with Crippen molar-refractivity contribution in [3.8, 4) is 11.4 Å². The number of methoxy groups -OCH3 is 1. The van der Waals surface area contributed by atoms with Crippen LogP contribution >= 0.6 is 12.2 Å². The summed E-state index contributed by atoms with van der Waals surface area (Å²) < 4.78 is 9.70. The lowest BCUT2D eigenvalue weighted by molar-refractivity contribution is 0.414. The monoisotopic (exact) mass is 409 g/mol. The molecule has 0 fully saturated rings. The first-order valence-electron chi connectivity index (χ1n) is 8.85. The summed E-state index contributed by atoms with van der Waals surface area (Å²) in [5.74, 6) is 7.71. The van der Waals surface area contributed by atoms with Gasteiger partial charge in [-0.1, -0.05) is 30.3 Å². The van der Waals surface area contributed by atoms with Crippen LogP contribution in [0.1, 0.15) is 17.2 Å². The number of hydrogen-bond donors (Lipinski definition) is 2. The van der Waals surface area contributed by atoms with Crippen LogP contribution < -0.4 is 16.3 Å². The molecule has 148 valence electrons. The highest BCUT2D eigenvalue weighted by Crippen LogP contribution is 2.14. The first kappa shape index (κ1) is 18.7. The van der Waals surface area contributed by atoms with E-state index in [0.717, 1.165) is 21.7 Å². The van der Waals surface area contributed by atoms with E-state index >= 15 is 0 Å². The van der Waals surface area contributed by atoms with Crippen molar-refractivity contribution in [1.29, 1.82) is 0 Å². The summed E-state index contributed by atoms with van der Waals surface area (Å²) in [5.41, 5.74) is 1.38. The minimum Gasteiger partial charge on any atom is -0.497 e. The summed E-state index contributed by atoms with van der Waals surface area (Å²) in [5, 5.41) is 11.4. The number of nitrogen functional groups attached to an aromatic ring is 1. The Morgan fingerprint density at radius 1 is 1.10 bits per heavy atom. The van der Waals surface area contributed by atoms with Gasteiger partial charge >= 0.3 is 5.69 Å². The second kappa shape index (κ2) is 7.76. The van der Waals surface area contributed by atoms with Crippen molar-refractivity contribution in [3.63, 3.8) is 0 Å².